The fraction of sp³-hybridized carbons (Fsp3) is 0.417. The molecule has 54 heavy (non-hydrogen) atoms. The third-order valence-electron chi connectivity index (χ3n) is 13.5. The van der Waals surface area contributed by atoms with Crippen molar-refractivity contribution in [2.75, 3.05) is 0 Å². The summed E-state index contributed by atoms with van der Waals surface area (Å²) in [5.74, 6) is 1.89. The minimum atomic E-state index is -0.283. The Morgan fingerprint density at radius 2 is 1.61 bits per heavy atom. The van der Waals surface area contributed by atoms with Crippen LogP contribution in [0.3, 0.4) is 0 Å². The van der Waals surface area contributed by atoms with Crippen molar-refractivity contribution in [3.05, 3.63) is 108 Å². The summed E-state index contributed by atoms with van der Waals surface area (Å²) in [5, 5.41) is 9.39. The van der Waals surface area contributed by atoms with Crippen molar-refractivity contribution >= 4 is 32.7 Å². The van der Waals surface area contributed by atoms with E-state index in [1.54, 1.807) is 0 Å². The van der Waals surface area contributed by atoms with E-state index in [0.717, 1.165) is 56.0 Å². The third-order valence-corrected chi connectivity index (χ3v) is 13.5. The Morgan fingerprint density at radius 3 is 2.37 bits per heavy atom. The van der Waals surface area contributed by atoms with Crippen LogP contribution in [0.5, 0.6) is 0 Å². The Bertz CT molecular complexity index is 2580. The number of pyridine rings is 2. The summed E-state index contributed by atoms with van der Waals surface area (Å²) in [5.41, 5.74) is 10.1. The van der Waals surface area contributed by atoms with Gasteiger partial charge in [-0.25, -0.2) is 9.67 Å². The van der Waals surface area contributed by atoms with Crippen LogP contribution in [0.25, 0.3) is 55.5 Å². The van der Waals surface area contributed by atoms with E-state index < -0.39 is 0 Å². The molecule has 0 aliphatic carbocycles. The molecule has 6 heterocycles. The number of aromatic nitrogens is 6. The van der Waals surface area contributed by atoms with Gasteiger partial charge in [0.15, 0.2) is 23.6 Å². The smallest absolute Gasteiger partial charge is 0.250 e. The summed E-state index contributed by atoms with van der Waals surface area (Å²) < 4.78 is 10.1. The highest BCUT2D eigenvalue weighted by Gasteiger charge is 2.61. The normalized spacial score (nSPS) is 20.4. The van der Waals surface area contributed by atoms with Crippen LogP contribution in [0.4, 0.5) is 0 Å². The summed E-state index contributed by atoms with van der Waals surface area (Å²) in [6.07, 6.45) is 9.83. The van der Waals surface area contributed by atoms with Crippen LogP contribution in [0.15, 0.2) is 91.1 Å². The summed E-state index contributed by atoms with van der Waals surface area (Å²) in [7, 11) is 0. The number of rotatable bonds is 9. The average molecular weight is 717 g/mol. The highest BCUT2D eigenvalue weighted by molar-refractivity contribution is 6.10. The molecule has 6 heteroatoms. The van der Waals surface area contributed by atoms with Gasteiger partial charge in [-0.05, 0) is 75.1 Å². The lowest BCUT2D eigenvalue weighted by Crippen LogP contribution is -2.71. The molecule has 2 aliphatic heterocycles. The molecule has 276 valence electrons. The van der Waals surface area contributed by atoms with Crippen molar-refractivity contribution < 1.29 is 9.13 Å². The molecule has 0 fully saturated rings. The van der Waals surface area contributed by atoms with Crippen LogP contribution < -0.4 is 9.13 Å². The van der Waals surface area contributed by atoms with Gasteiger partial charge in [0.1, 0.15) is 5.54 Å². The molecular formula is C48H56N6+2. The standard InChI is InChI=1S/C48H56N6/c1-9-13-18-32-22-24-34-35-30-36-37(31-43(35)51(12-4)42(34)29-32)39-25-23-33-19-14-15-20-38(33)53(39)40(36)26-27-48(11-3)47(8,10-2)54-44(41-21-16-17-28-52(41)48)49-45(50-54)46(5,6)7/h14-17,19-25,28-31,40H,9-13,18,26-27H2,1-8H3/q+2. The average Bonchev–Trinajstić information content (AvgIpc) is 3.87. The Balaban J connectivity index is 1.23. The van der Waals surface area contributed by atoms with Gasteiger partial charge in [0.25, 0.3) is 5.69 Å². The molecule has 0 spiro atoms. The largest absolute Gasteiger partial charge is 0.341 e. The Labute approximate surface area is 320 Å². The number of hydrogen-bond acceptors (Lipinski definition) is 2. The second-order valence-electron chi connectivity index (χ2n) is 17.2. The monoisotopic (exact) mass is 716 g/mol. The molecule has 2 aliphatic rings. The second kappa shape index (κ2) is 12.6. The van der Waals surface area contributed by atoms with Gasteiger partial charge in [-0.2, -0.15) is 14.2 Å². The first-order valence-electron chi connectivity index (χ1n) is 20.6. The lowest BCUT2D eigenvalue weighted by Gasteiger charge is -2.46. The van der Waals surface area contributed by atoms with Crippen molar-refractivity contribution in [3.8, 4) is 22.8 Å². The van der Waals surface area contributed by atoms with Gasteiger partial charge in [-0.3, -0.25) is 0 Å². The van der Waals surface area contributed by atoms with E-state index >= 15 is 0 Å². The van der Waals surface area contributed by atoms with E-state index in [1.165, 1.54) is 67.9 Å². The lowest BCUT2D eigenvalue weighted by molar-refractivity contribution is -0.776. The third kappa shape index (κ3) is 4.84. The van der Waals surface area contributed by atoms with Crippen LogP contribution in [-0.2, 0) is 29.5 Å². The summed E-state index contributed by atoms with van der Waals surface area (Å²) in [6.45, 7) is 19.4. The summed E-state index contributed by atoms with van der Waals surface area (Å²) >= 11 is 0. The molecule has 9 rings (SSSR count). The fourth-order valence-electron chi connectivity index (χ4n) is 10.3. The molecule has 3 atom stereocenters. The van der Waals surface area contributed by atoms with Crippen LogP contribution in [-0.4, -0.2) is 19.3 Å². The van der Waals surface area contributed by atoms with Crippen LogP contribution in [0.1, 0.15) is 117 Å². The second-order valence-corrected chi connectivity index (χ2v) is 17.2. The zero-order valence-corrected chi connectivity index (χ0v) is 33.6. The number of unbranched alkanes of at least 4 members (excludes halogenated alkanes) is 1. The van der Waals surface area contributed by atoms with Gasteiger partial charge in [0.05, 0.1) is 5.56 Å². The molecule has 0 radical (unpaired) electrons. The maximum atomic E-state index is 5.36. The SMILES string of the molecule is CCCCc1ccc2c3cc4c(cc3n(CC)c2c1)-c1ccc2ccccc2[n+]1C4CCC1(CC)[n+]2ccccc2-c2nc(C(C)(C)C)nn2C1(C)CC. The summed E-state index contributed by atoms with van der Waals surface area (Å²) in [6, 6.07) is 32.8. The van der Waals surface area contributed by atoms with Crippen molar-refractivity contribution in [2.45, 2.75) is 129 Å². The Kier molecular flexibility index (Phi) is 8.15. The number of nitrogens with zero attached hydrogens (tertiary/aromatic N) is 6. The lowest BCUT2D eigenvalue weighted by atomic mass is 9.69. The van der Waals surface area contributed by atoms with Crippen molar-refractivity contribution in [1.82, 2.24) is 19.3 Å². The van der Waals surface area contributed by atoms with Crippen molar-refractivity contribution in [1.29, 1.82) is 0 Å². The molecule has 6 nitrogen and oxygen atoms in total. The van der Waals surface area contributed by atoms with Gasteiger partial charge in [-0.1, -0.05) is 72.2 Å². The molecule has 4 aromatic heterocycles. The minimum Gasteiger partial charge on any atom is -0.341 e. The predicted molar refractivity (Wildman–Crippen MR) is 221 cm³/mol. The van der Waals surface area contributed by atoms with Crippen LogP contribution >= 0.6 is 0 Å². The first-order chi connectivity index (χ1) is 26.1. The Morgan fingerprint density at radius 1 is 0.815 bits per heavy atom. The van der Waals surface area contributed by atoms with E-state index in [9.17, 15) is 0 Å². The molecule has 0 amide bonds. The van der Waals surface area contributed by atoms with E-state index in [-0.39, 0.29) is 22.5 Å². The van der Waals surface area contributed by atoms with Gasteiger partial charge >= 0.3 is 0 Å². The molecule has 0 bridgehead atoms. The van der Waals surface area contributed by atoms with E-state index in [1.807, 2.05) is 0 Å². The molecule has 0 saturated heterocycles. The molecular weight excluding hydrogens is 661 g/mol. The Hall–Kier alpha value is -4.84. The number of aryl methyl sites for hydroxylation is 2. The van der Waals surface area contributed by atoms with Crippen LogP contribution in [0, 0.1) is 0 Å². The maximum absolute atomic E-state index is 5.36. The zero-order valence-electron chi connectivity index (χ0n) is 33.6. The topological polar surface area (TPSA) is 43.4 Å². The van der Waals surface area contributed by atoms with Gasteiger partial charge < -0.3 is 4.57 Å². The molecule has 7 aromatic rings. The predicted octanol–water partition coefficient (Wildman–Crippen LogP) is 10.7. The number of fused-ring (bicyclic) bond motifs is 11. The molecule has 0 saturated carbocycles. The van der Waals surface area contributed by atoms with Gasteiger partial charge in [-0.15, -0.1) is 0 Å². The highest BCUT2D eigenvalue weighted by atomic mass is 15.4. The number of hydrogen-bond donors (Lipinski definition) is 0. The van der Waals surface area contributed by atoms with Crippen molar-refractivity contribution in [2.24, 2.45) is 0 Å². The molecule has 3 unspecified atom stereocenters. The van der Waals surface area contributed by atoms with Gasteiger partial charge in [0, 0.05) is 88.2 Å². The highest BCUT2D eigenvalue weighted by Crippen LogP contribution is 2.50. The quantitative estimate of drug-likeness (QED) is 0.140. The van der Waals surface area contributed by atoms with Crippen molar-refractivity contribution in [3.63, 3.8) is 0 Å². The number of benzene rings is 3. The number of para-hydroxylation sites is 1. The fourth-order valence-corrected chi connectivity index (χ4v) is 10.3. The maximum Gasteiger partial charge on any atom is 0.250 e. The summed E-state index contributed by atoms with van der Waals surface area (Å²) in [4.78, 5) is 5.25. The van der Waals surface area contributed by atoms with Crippen LogP contribution in [0.2, 0.25) is 0 Å². The van der Waals surface area contributed by atoms with E-state index in [2.05, 4.69) is 165 Å². The van der Waals surface area contributed by atoms with Gasteiger partial charge in [0.2, 0.25) is 17.0 Å². The zero-order chi connectivity index (χ0) is 37.6. The first-order valence-corrected chi connectivity index (χ1v) is 20.6. The minimum absolute atomic E-state index is 0.147. The first kappa shape index (κ1) is 34.9. The van der Waals surface area contributed by atoms with E-state index in [4.69, 9.17) is 10.1 Å². The van der Waals surface area contributed by atoms with E-state index in [0.29, 0.717) is 0 Å². The molecule has 0 N–H and O–H groups in total. The molecule has 3 aromatic carbocycles.